The Labute approximate surface area is 81.9 Å². The van der Waals surface area contributed by atoms with E-state index in [1.165, 1.54) is 0 Å². The van der Waals surface area contributed by atoms with Crippen molar-refractivity contribution in [3.8, 4) is 6.07 Å². The average Bonchev–Trinajstić information content (AvgIpc) is 2.14. The van der Waals surface area contributed by atoms with Gasteiger partial charge in [-0.25, -0.2) is 0 Å². The third kappa shape index (κ3) is 5.77. The molecule has 0 amide bonds. The smallest absolute Gasteiger partial charge is 0.317 e. The van der Waals surface area contributed by atoms with Gasteiger partial charge in [0.25, 0.3) is 0 Å². The highest BCUT2D eigenvalue weighted by Gasteiger charge is 2.11. The van der Waals surface area contributed by atoms with Gasteiger partial charge in [-0.15, -0.1) is 0 Å². The highest BCUT2D eigenvalue weighted by atomic mass is 16.6. The van der Waals surface area contributed by atoms with Gasteiger partial charge >= 0.3 is 11.9 Å². The zero-order valence-electron chi connectivity index (χ0n) is 7.91. The number of hydrogen-bond donors (Lipinski definition) is 0. The van der Waals surface area contributed by atoms with Gasteiger partial charge in [-0.05, 0) is 6.92 Å². The molecule has 0 aliphatic rings. The van der Waals surface area contributed by atoms with Crippen LogP contribution in [0.2, 0.25) is 0 Å². The summed E-state index contributed by atoms with van der Waals surface area (Å²) in [6.45, 7) is 4.98. The van der Waals surface area contributed by atoms with Gasteiger partial charge in [-0.1, -0.05) is 6.58 Å². The van der Waals surface area contributed by atoms with Crippen molar-refractivity contribution in [2.75, 3.05) is 13.2 Å². The summed E-state index contributed by atoms with van der Waals surface area (Å²) in [5.74, 6) is -1.36. The van der Waals surface area contributed by atoms with Crippen LogP contribution in [-0.2, 0) is 19.1 Å². The summed E-state index contributed by atoms with van der Waals surface area (Å²) in [4.78, 5) is 21.6. The van der Waals surface area contributed by atoms with Gasteiger partial charge in [0.05, 0.1) is 18.2 Å². The van der Waals surface area contributed by atoms with E-state index in [2.05, 4.69) is 16.1 Å². The first-order valence-corrected chi connectivity index (χ1v) is 3.99. The molecule has 0 saturated heterocycles. The Morgan fingerprint density at radius 3 is 2.43 bits per heavy atom. The first kappa shape index (κ1) is 12.2. The summed E-state index contributed by atoms with van der Waals surface area (Å²) in [7, 11) is 0. The summed E-state index contributed by atoms with van der Waals surface area (Å²) in [6, 6.07) is 1.71. The fourth-order valence-electron chi connectivity index (χ4n) is 0.581. The van der Waals surface area contributed by atoms with Crippen LogP contribution in [0.15, 0.2) is 12.2 Å². The molecule has 0 atom stereocenters. The molecule has 0 radical (unpaired) electrons. The van der Waals surface area contributed by atoms with E-state index in [9.17, 15) is 9.59 Å². The maximum Gasteiger partial charge on any atom is 0.317 e. The maximum absolute atomic E-state index is 10.9. The second-order valence-corrected chi connectivity index (χ2v) is 2.36. The Kier molecular flexibility index (Phi) is 5.79. The van der Waals surface area contributed by atoms with Gasteiger partial charge in [0.15, 0.2) is 0 Å². The van der Waals surface area contributed by atoms with Crippen LogP contribution in [0.4, 0.5) is 0 Å². The predicted octanol–water partition coefficient (Wildman–Crippen LogP) is 0.563. The molecular weight excluding hydrogens is 186 g/mol. The number of nitrogens with zero attached hydrogens (tertiary/aromatic N) is 1. The lowest BCUT2D eigenvalue weighted by atomic mass is 10.4. The summed E-state index contributed by atoms with van der Waals surface area (Å²) < 4.78 is 9.07. The highest BCUT2D eigenvalue weighted by Crippen LogP contribution is 1.94. The zero-order valence-corrected chi connectivity index (χ0v) is 7.91. The second kappa shape index (κ2) is 6.66. The van der Waals surface area contributed by atoms with E-state index >= 15 is 0 Å². The number of hydrogen-bond acceptors (Lipinski definition) is 5. The van der Waals surface area contributed by atoms with Crippen molar-refractivity contribution in [2.24, 2.45) is 0 Å². The van der Waals surface area contributed by atoms with Crippen LogP contribution in [0.3, 0.4) is 0 Å². The van der Waals surface area contributed by atoms with Gasteiger partial charge in [0.1, 0.15) is 13.0 Å². The van der Waals surface area contributed by atoms with E-state index < -0.39 is 18.4 Å². The molecule has 0 aliphatic heterocycles. The van der Waals surface area contributed by atoms with Gasteiger partial charge in [0, 0.05) is 0 Å². The molecule has 0 aromatic carbocycles. The molecule has 0 aromatic rings. The maximum atomic E-state index is 10.9. The molecule has 0 heterocycles. The molecular formula is C9H11NO4. The topological polar surface area (TPSA) is 76.4 Å². The minimum atomic E-state index is -0.722. The zero-order chi connectivity index (χ0) is 11.0. The van der Waals surface area contributed by atoms with Crippen molar-refractivity contribution in [2.45, 2.75) is 13.3 Å². The number of carbonyl (C=O) groups excluding carboxylic acids is 2. The Morgan fingerprint density at radius 2 is 1.93 bits per heavy atom. The summed E-state index contributed by atoms with van der Waals surface area (Å²) in [5, 5.41) is 8.28. The molecule has 76 valence electrons. The molecule has 5 heteroatoms. The number of carbonyl (C=O) groups is 2. The molecule has 5 nitrogen and oxygen atoms in total. The Balaban J connectivity index is 3.72. The third-order valence-electron chi connectivity index (χ3n) is 1.16. The largest absolute Gasteiger partial charge is 0.466 e. The fourth-order valence-corrected chi connectivity index (χ4v) is 0.581. The van der Waals surface area contributed by atoms with Crippen LogP contribution < -0.4 is 0 Å². The number of ether oxygens (including phenoxy) is 2. The van der Waals surface area contributed by atoms with Crippen molar-refractivity contribution in [1.82, 2.24) is 0 Å². The summed E-state index contributed by atoms with van der Waals surface area (Å²) in [6.07, 6.45) is -0.438. The Hall–Kier alpha value is -1.83. The molecule has 0 rings (SSSR count). The molecule has 0 aliphatic carbocycles. The average molecular weight is 197 g/mol. The number of nitriles is 1. The quantitative estimate of drug-likeness (QED) is 0.365. The van der Waals surface area contributed by atoms with Crippen molar-refractivity contribution in [1.29, 1.82) is 5.26 Å². The normalized spacial score (nSPS) is 8.57. The van der Waals surface area contributed by atoms with Gasteiger partial charge < -0.3 is 9.47 Å². The molecule has 0 fully saturated rings. The van der Waals surface area contributed by atoms with Crippen LogP contribution >= 0.6 is 0 Å². The van der Waals surface area contributed by atoms with Crippen LogP contribution in [0.25, 0.3) is 0 Å². The van der Waals surface area contributed by atoms with Crippen molar-refractivity contribution in [3.63, 3.8) is 0 Å². The van der Waals surface area contributed by atoms with Gasteiger partial charge in [0.2, 0.25) is 0 Å². The number of esters is 2. The van der Waals surface area contributed by atoms with E-state index in [0.29, 0.717) is 0 Å². The van der Waals surface area contributed by atoms with Crippen molar-refractivity contribution >= 4 is 11.9 Å². The summed E-state index contributed by atoms with van der Waals surface area (Å²) in [5.41, 5.74) is 0.127. The minimum Gasteiger partial charge on any atom is -0.466 e. The lowest BCUT2D eigenvalue weighted by Crippen LogP contribution is -2.14. The minimum absolute atomic E-state index is 0.127. The van der Waals surface area contributed by atoms with Gasteiger partial charge in [-0.2, -0.15) is 5.26 Å². The molecule has 0 aromatic heterocycles. The molecule has 14 heavy (non-hydrogen) atoms. The van der Waals surface area contributed by atoms with E-state index in [-0.39, 0.29) is 18.8 Å². The molecule has 0 spiro atoms. The molecule has 0 unspecified atom stereocenters. The lowest BCUT2D eigenvalue weighted by Gasteiger charge is -2.02. The standard InChI is InChI=1S/C9H11NO4/c1-3-13-8(11)4-9(12)14-6-7(2)5-10/h2-4,6H2,1H3. The summed E-state index contributed by atoms with van der Waals surface area (Å²) >= 11 is 0. The number of rotatable bonds is 5. The van der Waals surface area contributed by atoms with Crippen LogP contribution in [-0.4, -0.2) is 25.2 Å². The second-order valence-electron chi connectivity index (χ2n) is 2.36. The van der Waals surface area contributed by atoms with E-state index in [4.69, 9.17) is 5.26 Å². The highest BCUT2D eigenvalue weighted by molar-refractivity contribution is 5.91. The van der Waals surface area contributed by atoms with Crippen LogP contribution in [0.1, 0.15) is 13.3 Å². The predicted molar refractivity (Wildman–Crippen MR) is 47.0 cm³/mol. The molecule has 0 saturated carbocycles. The van der Waals surface area contributed by atoms with Crippen molar-refractivity contribution in [3.05, 3.63) is 12.2 Å². The Bertz CT molecular complexity index is 277. The Morgan fingerprint density at radius 1 is 1.36 bits per heavy atom. The van der Waals surface area contributed by atoms with Gasteiger partial charge in [-0.3, -0.25) is 9.59 Å². The van der Waals surface area contributed by atoms with Crippen LogP contribution in [0.5, 0.6) is 0 Å². The van der Waals surface area contributed by atoms with E-state index in [1.54, 1.807) is 13.0 Å². The van der Waals surface area contributed by atoms with Crippen molar-refractivity contribution < 1.29 is 19.1 Å². The lowest BCUT2D eigenvalue weighted by molar-refractivity contribution is -0.153. The first-order valence-electron chi connectivity index (χ1n) is 3.99. The van der Waals surface area contributed by atoms with E-state index in [0.717, 1.165) is 0 Å². The van der Waals surface area contributed by atoms with Crippen LogP contribution in [0, 0.1) is 11.3 Å². The molecule has 0 bridgehead atoms. The SMILES string of the molecule is C=C(C#N)COC(=O)CC(=O)OCC. The third-order valence-corrected chi connectivity index (χ3v) is 1.16. The molecule has 0 N–H and O–H groups in total. The fraction of sp³-hybridized carbons (Fsp3) is 0.444. The first-order chi connectivity index (χ1) is 6.60. The van der Waals surface area contributed by atoms with E-state index in [1.807, 2.05) is 0 Å². The monoisotopic (exact) mass is 197 g/mol.